The molecular formula is C15H19NO2. The van der Waals surface area contributed by atoms with E-state index in [4.69, 9.17) is 0 Å². The molecule has 0 spiro atoms. The van der Waals surface area contributed by atoms with E-state index in [9.17, 15) is 9.90 Å². The van der Waals surface area contributed by atoms with E-state index in [1.54, 1.807) is 6.08 Å². The molecule has 0 aromatic heterocycles. The van der Waals surface area contributed by atoms with Crippen LogP contribution in [-0.2, 0) is 15.7 Å². The molecule has 1 N–H and O–H groups in total. The molecule has 1 aliphatic rings. The molecule has 0 amide bonds. The van der Waals surface area contributed by atoms with Gasteiger partial charge in [-0.05, 0) is 30.2 Å². The fourth-order valence-electron chi connectivity index (χ4n) is 2.56. The second kappa shape index (κ2) is 4.25. The molecule has 1 saturated carbocycles. The summed E-state index contributed by atoms with van der Waals surface area (Å²) in [6.07, 6.45) is 4.31. The van der Waals surface area contributed by atoms with E-state index >= 15 is 0 Å². The van der Waals surface area contributed by atoms with Crippen molar-refractivity contribution in [3.63, 3.8) is 0 Å². The summed E-state index contributed by atoms with van der Waals surface area (Å²) in [5.41, 5.74) is 1.00. The highest BCUT2D eigenvalue weighted by Gasteiger charge is 2.41. The first-order chi connectivity index (χ1) is 8.41. The molecule has 1 aromatic carbocycles. The first-order valence-corrected chi connectivity index (χ1v) is 6.33. The Hall–Kier alpha value is -1.60. The molecule has 3 nitrogen and oxygen atoms in total. The Bertz CT molecular complexity index is 504. The highest BCUT2D eigenvalue weighted by atomic mass is 16.3. The number of isocyanates is 1. The van der Waals surface area contributed by atoms with Crippen LogP contribution in [-0.4, -0.2) is 11.2 Å². The number of hydrogen-bond donors (Lipinski definition) is 1. The van der Waals surface area contributed by atoms with E-state index in [0.29, 0.717) is 0 Å². The van der Waals surface area contributed by atoms with Crippen LogP contribution in [0.4, 0.5) is 0 Å². The summed E-state index contributed by atoms with van der Waals surface area (Å²) in [6.45, 7) is 6.17. The molecule has 1 aliphatic carbocycles. The second-order valence-electron chi connectivity index (χ2n) is 6.04. The van der Waals surface area contributed by atoms with Crippen molar-refractivity contribution in [1.29, 1.82) is 0 Å². The predicted molar refractivity (Wildman–Crippen MR) is 70.5 cm³/mol. The van der Waals surface area contributed by atoms with Crippen LogP contribution in [0.2, 0.25) is 0 Å². The zero-order valence-electron chi connectivity index (χ0n) is 11.2. The average Bonchev–Trinajstić information content (AvgIpc) is 2.22. The van der Waals surface area contributed by atoms with E-state index < -0.39 is 5.54 Å². The second-order valence-corrected chi connectivity index (χ2v) is 6.04. The van der Waals surface area contributed by atoms with Crippen LogP contribution in [0.25, 0.3) is 0 Å². The van der Waals surface area contributed by atoms with Crippen molar-refractivity contribution in [1.82, 2.24) is 0 Å². The van der Waals surface area contributed by atoms with Crippen LogP contribution in [0.5, 0.6) is 5.75 Å². The Labute approximate surface area is 108 Å². The highest BCUT2D eigenvalue weighted by molar-refractivity contribution is 5.50. The first kappa shape index (κ1) is 12.8. The molecule has 0 aliphatic heterocycles. The maximum absolute atomic E-state index is 10.6. The Morgan fingerprint density at radius 3 is 2.44 bits per heavy atom. The van der Waals surface area contributed by atoms with Gasteiger partial charge in [0.2, 0.25) is 6.08 Å². The smallest absolute Gasteiger partial charge is 0.235 e. The maximum Gasteiger partial charge on any atom is 0.235 e. The molecule has 0 saturated heterocycles. The largest absolute Gasteiger partial charge is 0.507 e. The first-order valence-electron chi connectivity index (χ1n) is 6.33. The summed E-state index contributed by atoms with van der Waals surface area (Å²) >= 11 is 0. The standard InChI is InChI=1S/C15H19NO2/c1-14(2,3)11-6-4-7-12(13(11)18)15(16-10-17)8-5-9-15/h4,6-7,18H,5,8-9H2,1-3H3. The molecule has 0 heterocycles. The zero-order chi connectivity index (χ0) is 13.4. The minimum absolute atomic E-state index is 0.129. The summed E-state index contributed by atoms with van der Waals surface area (Å²) < 4.78 is 0. The zero-order valence-corrected chi connectivity index (χ0v) is 11.2. The molecule has 96 valence electrons. The lowest BCUT2D eigenvalue weighted by molar-refractivity contribution is 0.246. The van der Waals surface area contributed by atoms with Gasteiger partial charge in [0.15, 0.2) is 0 Å². The number of aromatic hydroxyl groups is 1. The molecule has 2 rings (SSSR count). The van der Waals surface area contributed by atoms with Crippen molar-refractivity contribution in [2.45, 2.75) is 51.0 Å². The topological polar surface area (TPSA) is 49.7 Å². The van der Waals surface area contributed by atoms with Gasteiger partial charge in [0.1, 0.15) is 11.3 Å². The molecule has 0 bridgehead atoms. The third-order valence-corrected chi connectivity index (χ3v) is 3.79. The summed E-state index contributed by atoms with van der Waals surface area (Å²) in [6, 6.07) is 5.72. The Morgan fingerprint density at radius 1 is 1.33 bits per heavy atom. The number of nitrogens with zero attached hydrogens (tertiary/aromatic N) is 1. The Balaban J connectivity index is 2.56. The number of benzene rings is 1. The normalized spacial score (nSPS) is 17.7. The molecule has 3 heteroatoms. The fraction of sp³-hybridized carbons (Fsp3) is 0.533. The van der Waals surface area contributed by atoms with Crippen LogP contribution < -0.4 is 0 Å². The van der Waals surface area contributed by atoms with Gasteiger partial charge < -0.3 is 5.11 Å². The van der Waals surface area contributed by atoms with E-state index in [1.807, 2.05) is 18.2 Å². The number of aliphatic imine (C=N–C) groups is 1. The van der Waals surface area contributed by atoms with E-state index in [2.05, 4.69) is 25.8 Å². The van der Waals surface area contributed by atoms with E-state index in [0.717, 1.165) is 30.4 Å². The van der Waals surface area contributed by atoms with Crippen molar-refractivity contribution in [2.75, 3.05) is 0 Å². The fourth-order valence-corrected chi connectivity index (χ4v) is 2.56. The van der Waals surface area contributed by atoms with Gasteiger partial charge in [0.25, 0.3) is 0 Å². The number of rotatable bonds is 2. The van der Waals surface area contributed by atoms with Gasteiger partial charge in [-0.3, -0.25) is 0 Å². The lowest BCUT2D eigenvalue weighted by Gasteiger charge is -2.38. The summed E-state index contributed by atoms with van der Waals surface area (Å²) in [7, 11) is 0. The van der Waals surface area contributed by atoms with Gasteiger partial charge in [-0.2, -0.15) is 4.99 Å². The maximum atomic E-state index is 10.6. The minimum atomic E-state index is -0.535. The van der Waals surface area contributed by atoms with Gasteiger partial charge in [0, 0.05) is 5.56 Å². The van der Waals surface area contributed by atoms with Crippen molar-refractivity contribution >= 4 is 6.08 Å². The molecule has 1 aromatic rings. The highest BCUT2D eigenvalue weighted by Crippen LogP contribution is 2.49. The molecular weight excluding hydrogens is 226 g/mol. The van der Waals surface area contributed by atoms with Gasteiger partial charge in [-0.1, -0.05) is 39.0 Å². The van der Waals surface area contributed by atoms with Crippen LogP contribution in [0.15, 0.2) is 23.2 Å². The number of hydrogen-bond acceptors (Lipinski definition) is 3. The lowest BCUT2D eigenvalue weighted by atomic mass is 9.70. The monoisotopic (exact) mass is 245 g/mol. The summed E-state index contributed by atoms with van der Waals surface area (Å²) in [5.74, 6) is 0.281. The Kier molecular flexibility index (Phi) is 3.04. The number of carbonyl (C=O) groups excluding carboxylic acids is 1. The predicted octanol–water partition coefficient (Wildman–Crippen LogP) is 3.40. The van der Waals surface area contributed by atoms with Gasteiger partial charge in [0.05, 0.1) is 0 Å². The molecule has 18 heavy (non-hydrogen) atoms. The number of phenolic OH excluding ortho intramolecular Hbond substituents is 1. The van der Waals surface area contributed by atoms with E-state index in [1.165, 1.54) is 0 Å². The van der Waals surface area contributed by atoms with E-state index in [-0.39, 0.29) is 11.2 Å². The lowest BCUT2D eigenvalue weighted by Crippen LogP contribution is -2.32. The quantitative estimate of drug-likeness (QED) is 0.641. The third kappa shape index (κ3) is 1.95. The Morgan fingerprint density at radius 2 is 2.00 bits per heavy atom. The molecule has 1 fully saturated rings. The van der Waals surface area contributed by atoms with Crippen LogP contribution in [0.3, 0.4) is 0 Å². The van der Waals surface area contributed by atoms with Crippen molar-refractivity contribution in [3.8, 4) is 5.75 Å². The molecule has 0 unspecified atom stereocenters. The SMILES string of the molecule is CC(C)(C)c1cccc(C2(N=C=O)CCC2)c1O. The summed E-state index contributed by atoms with van der Waals surface area (Å²) in [5, 5.41) is 10.5. The number of phenols is 1. The van der Waals surface area contributed by atoms with Crippen molar-refractivity contribution < 1.29 is 9.90 Å². The van der Waals surface area contributed by atoms with Gasteiger partial charge >= 0.3 is 0 Å². The van der Waals surface area contributed by atoms with Crippen LogP contribution in [0.1, 0.15) is 51.2 Å². The minimum Gasteiger partial charge on any atom is -0.507 e. The summed E-state index contributed by atoms with van der Waals surface area (Å²) in [4.78, 5) is 14.6. The number of para-hydroxylation sites is 1. The van der Waals surface area contributed by atoms with Gasteiger partial charge in [-0.25, -0.2) is 4.79 Å². The van der Waals surface area contributed by atoms with Crippen molar-refractivity contribution in [3.05, 3.63) is 29.3 Å². The van der Waals surface area contributed by atoms with Gasteiger partial charge in [-0.15, -0.1) is 0 Å². The molecule has 0 atom stereocenters. The van der Waals surface area contributed by atoms with Crippen LogP contribution in [0, 0.1) is 0 Å². The van der Waals surface area contributed by atoms with Crippen LogP contribution >= 0.6 is 0 Å². The molecule has 0 radical (unpaired) electrons. The average molecular weight is 245 g/mol. The third-order valence-electron chi connectivity index (χ3n) is 3.79. The van der Waals surface area contributed by atoms with Crippen molar-refractivity contribution in [2.24, 2.45) is 4.99 Å².